The monoisotopic (exact) mass is 990 g/mol. The van der Waals surface area contributed by atoms with Crippen molar-refractivity contribution in [1.82, 2.24) is 19.1 Å². The summed E-state index contributed by atoms with van der Waals surface area (Å²) in [6.07, 6.45) is 6.57. The van der Waals surface area contributed by atoms with Crippen LogP contribution < -0.4 is 9.47 Å². The second kappa shape index (κ2) is 21.5. The highest BCUT2D eigenvalue weighted by Crippen LogP contribution is 2.43. The number of imidazole rings is 2. The van der Waals surface area contributed by atoms with E-state index in [1.807, 2.05) is 164 Å². The maximum atomic E-state index is 13.7. The molecule has 12 aromatic rings. The smallest absolute Gasteiger partial charge is 0.212 e. The fraction of sp³-hybridized carbons (Fsp3) is 0.0735. The number of carbonyl (C=O) groups excluding carboxylic acids is 1. The third-order valence-corrected chi connectivity index (χ3v) is 14.3. The summed E-state index contributed by atoms with van der Waals surface area (Å²) < 4.78 is 14.9. The highest BCUT2D eigenvalue weighted by molar-refractivity contribution is 6.09. The van der Waals surface area contributed by atoms with Gasteiger partial charge in [0.25, 0.3) is 0 Å². The molecule has 0 aliphatic carbocycles. The van der Waals surface area contributed by atoms with Gasteiger partial charge in [-0.1, -0.05) is 218 Å². The normalized spacial score (nSPS) is 11.9. The first-order valence-corrected chi connectivity index (χ1v) is 25.2. The molecule has 0 fully saturated rings. The zero-order chi connectivity index (χ0) is 51.9. The van der Waals surface area contributed by atoms with E-state index in [9.17, 15) is 9.90 Å². The summed E-state index contributed by atoms with van der Waals surface area (Å²) in [4.78, 5) is 23.0. The van der Waals surface area contributed by atoms with Crippen LogP contribution in [0.25, 0.3) is 21.5 Å². The maximum absolute atomic E-state index is 13.7. The Labute approximate surface area is 442 Å². The van der Waals surface area contributed by atoms with Gasteiger partial charge in [-0.25, -0.2) is 9.97 Å². The number of aliphatic hydroxyl groups is 1. The van der Waals surface area contributed by atoms with Gasteiger partial charge in [0.1, 0.15) is 34.4 Å². The van der Waals surface area contributed by atoms with Crippen molar-refractivity contribution in [3.8, 4) is 11.5 Å². The van der Waals surface area contributed by atoms with Crippen LogP contribution in [0.1, 0.15) is 66.8 Å². The first-order valence-electron chi connectivity index (χ1n) is 25.2. The lowest BCUT2D eigenvalue weighted by Gasteiger charge is -2.37. The van der Waals surface area contributed by atoms with Gasteiger partial charge >= 0.3 is 0 Å². The number of hydrogen-bond acceptors (Lipinski definition) is 6. The number of aromatic nitrogens is 4. The topological polar surface area (TPSA) is 91.4 Å². The van der Waals surface area contributed by atoms with Crippen LogP contribution in [0.2, 0.25) is 0 Å². The summed E-state index contributed by atoms with van der Waals surface area (Å²) in [5.74, 6) is 1.47. The number of rotatable bonds is 14. The number of fused-ring (bicyclic) bond motifs is 2. The van der Waals surface area contributed by atoms with Crippen molar-refractivity contribution in [2.24, 2.45) is 0 Å². The van der Waals surface area contributed by atoms with E-state index in [-0.39, 0.29) is 5.78 Å². The van der Waals surface area contributed by atoms with Crippen molar-refractivity contribution < 1.29 is 19.4 Å². The first kappa shape index (κ1) is 48.6. The Bertz CT molecular complexity index is 3690. The molecule has 0 spiro atoms. The summed E-state index contributed by atoms with van der Waals surface area (Å²) in [6.45, 7) is 0. The zero-order valence-electron chi connectivity index (χ0n) is 42.1. The molecule has 1 unspecified atom stereocenters. The summed E-state index contributed by atoms with van der Waals surface area (Å²) in [6, 6.07) is 85.9. The van der Waals surface area contributed by atoms with Gasteiger partial charge in [-0.05, 0) is 96.9 Å². The average molecular weight is 991 g/mol. The molecule has 370 valence electrons. The lowest BCUT2D eigenvalue weighted by molar-refractivity contribution is 0.103. The van der Waals surface area contributed by atoms with Crippen LogP contribution in [-0.2, 0) is 11.1 Å². The number of benzene rings is 10. The predicted octanol–water partition coefficient (Wildman–Crippen LogP) is 14.1. The van der Waals surface area contributed by atoms with Crippen molar-refractivity contribution in [2.45, 2.75) is 17.2 Å². The second-order valence-corrected chi connectivity index (χ2v) is 18.6. The minimum Gasteiger partial charge on any atom is -0.497 e. The van der Waals surface area contributed by atoms with Gasteiger partial charge in [-0.2, -0.15) is 0 Å². The van der Waals surface area contributed by atoms with Crippen LogP contribution in [-0.4, -0.2) is 44.2 Å². The summed E-state index contributed by atoms with van der Waals surface area (Å²) in [7, 11) is 3.31. The van der Waals surface area contributed by atoms with Crippen molar-refractivity contribution in [2.75, 3.05) is 14.2 Å². The molecule has 1 atom stereocenters. The number of methoxy groups -OCH3 is 2. The molecule has 1 N–H and O–H groups in total. The molecule has 12 rings (SSSR count). The van der Waals surface area contributed by atoms with Crippen LogP contribution in [0.3, 0.4) is 0 Å². The molecule has 10 aromatic carbocycles. The van der Waals surface area contributed by atoms with E-state index in [2.05, 4.69) is 123 Å². The molecule has 2 heterocycles. The maximum Gasteiger partial charge on any atom is 0.212 e. The summed E-state index contributed by atoms with van der Waals surface area (Å²) in [5.41, 5.74) is 7.53. The highest BCUT2D eigenvalue weighted by Gasteiger charge is 2.40. The van der Waals surface area contributed by atoms with Crippen LogP contribution >= 0.6 is 0 Å². The van der Waals surface area contributed by atoms with E-state index >= 15 is 0 Å². The third-order valence-electron chi connectivity index (χ3n) is 14.3. The van der Waals surface area contributed by atoms with Crippen LogP contribution in [0.15, 0.2) is 280 Å². The van der Waals surface area contributed by atoms with E-state index in [0.717, 1.165) is 72.0 Å². The van der Waals surface area contributed by atoms with E-state index in [0.29, 0.717) is 17.0 Å². The van der Waals surface area contributed by atoms with Gasteiger partial charge in [0.15, 0.2) is 0 Å². The Morgan fingerprint density at radius 3 is 1.20 bits per heavy atom. The number of nitrogens with zero attached hydrogens (tertiary/aromatic N) is 4. The Morgan fingerprint density at radius 1 is 0.421 bits per heavy atom. The van der Waals surface area contributed by atoms with Crippen LogP contribution in [0.5, 0.6) is 11.5 Å². The minimum atomic E-state index is -0.872. The Kier molecular flexibility index (Phi) is 13.7. The molecule has 0 saturated heterocycles. The standard InChI is InChI=1S/C34H28N2O2.C34H26N2O2/c2*1-38-31-20-19-25-21-27(18-17-26(25)22-31)33(37)32-23-36(24-35-32)34(28-11-5-2-6-12-28,29-13-7-3-8-14-29)30-15-9-4-10-16-30/h2-24,33,37H,1H3;2-24H,1H3. The quantitative estimate of drug-likeness (QED) is 0.0862. The fourth-order valence-corrected chi connectivity index (χ4v) is 10.6. The third kappa shape index (κ3) is 9.12. The lowest BCUT2D eigenvalue weighted by Crippen LogP contribution is -2.37. The number of hydrogen-bond donors (Lipinski definition) is 1. The molecule has 0 bridgehead atoms. The molecule has 0 radical (unpaired) electrons. The van der Waals surface area contributed by atoms with Gasteiger partial charge in [-0.15, -0.1) is 0 Å². The molecular formula is C68H54N4O4. The SMILES string of the molecule is COc1ccc2cc(C(=O)c3cn(C(c4ccccc4)(c4ccccc4)c4ccccc4)cn3)ccc2c1.COc1ccc2cc(C(O)c3cn(C(c4ccccc4)(c4ccccc4)c4ccccc4)cn3)ccc2c1. The highest BCUT2D eigenvalue weighted by atomic mass is 16.5. The Hall–Kier alpha value is -9.63. The molecule has 0 aliphatic rings. The van der Waals surface area contributed by atoms with Gasteiger partial charge in [0.05, 0.1) is 32.6 Å². The minimum absolute atomic E-state index is 0.121. The molecule has 2 aromatic heterocycles. The molecule has 76 heavy (non-hydrogen) atoms. The van der Waals surface area contributed by atoms with Gasteiger partial charge in [0.2, 0.25) is 5.78 Å². The average Bonchev–Trinajstić information content (AvgIpc) is 4.30. The van der Waals surface area contributed by atoms with Gasteiger partial charge in [-0.3, -0.25) is 4.79 Å². The Morgan fingerprint density at radius 2 is 0.776 bits per heavy atom. The van der Waals surface area contributed by atoms with E-state index in [1.165, 1.54) is 0 Å². The molecule has 0 aliphatic heterocycles. The largest absolute Gasteiger partial charge is 0.497 e. The molecule has 8 heteroatoms. The number of ketones is 1. The fourth-order valence-electron chi connectivity index (χ4n) is 10.6. The number of aliphatic hydroxyl groups excluding tert-OH is 1. The van der Waals surface area contributed by atoms with Gasteiger partial charge in [0, 0.05) is 18.0 Å². The first-order chi connectivity index (χ1) is 37.4. The Balaban J connectivity index is 0.000000162. The van der Waals surface area contributed by atoms with Crippen molar-refractivity contribution in [1.29, 1.82) is 0 Å². The van der Waals surface area contributed by atoms with Crippen molar-refractivity contribution >= 4 is 27.3 Å². The number of ether oxygens (including phenoxy) is 2. The second-order valence-electron chi connectivity index (χ2n) is 18.6. The molecule has 0 amide bonds. The summed E-state index contributed by atoms with van der Waals surface area (Å²) in [5, 5.41) is 15.5. The zero-order valence-corrected chi connectivity index (χ0v) is 42.1. The molecular weight excluding hydrogens is 937 g/mol. The van der Waals surface area contributed by atoms with E-state index in [1.54, 1.807) is 20.5 Å². The molecule has 0 saturated carbocycles. The predicted molar refractivity (Wildman–Crippen MR) is 302 cm³/mol. The van der Waals surface area contributed by atoms with E-state index < -0.39 is 17.2 Å². The van der Waals surface area contributed by atoms with Crippen LogP contribution in [0.4, 0.5) is 0 Å². The van der Waals surface area contributed by atoms with Crippen molar-refractivity contribution in [3.63, 3.8) is 0 Å². The number of carbonyl (C=O) groups is 1. The summed E-state index contributed by atoms with van der Waals surface area (Å²) >= 11 is 0. The lowest BCUT2D eigenvalue weighted by atomic mass is 9.77. The van der Waals surface area contributed by atoms with E-state index in [4.69, 9.17) is 14.5 Å². The van der Waals surface area contributed by atoms with Crippen LogP contribution in [0, 0.1) is 0 Å². The van der Waals surface area contributed by atoms with Crippen molar-refractivity contribution in [3.05, 3.63) is 336 Å². The van der Waals surface area contributed by atoms with Gasteiger partial charge < -0.3 is 23.7 Å². The molecule has 8 nitrogen and oxygen atoms in total.